The van der Waals surface area contributed by atoms with Gasteiger partial charge in [0.2, 0.25) is 0 Å². The van der Waals surface area contributed by atoms with Crippen LogP contribution in [0.4, 0.5) is 0 Å². The van der Waals surface area contributed by atoms with Crippen LogP contribution in [0, 0.1) is 0 Å². The molecular formula is C19H15NaO6. The summed E-state index contributed by atoms with van der Waals surface area (Å²) in [6.07, 6.45) is -0.348. The summed E-state index contributed by atoms with van der Waals surface area (Å²) in [5.41, 5.74) is 0.850. The number of carbonyl (C=O) groups is 1. The Balaban J connectivity index is 0.00000243. The van der Waals surface area contributed by atoms with E-state index < -0.39 is 5.97 Å². The van der Waals surface area contributed by atoms with E-state index in [9.17, 15) is 14.7 Å². The van der Waals surface area contributed by atoms with Gasteiger partial charge in [0.15, 0.2) is 16.9 Å². The molecule has 3 rings (SSSR count). The third kappa shape index (κ3) is 3.77. The summed E-state index contributed by atoms with van der Waals surface area (Å²) in [5.74, 6) is -0.0748. The van der Waals surface area contributed by atoms with Crippen LogP contribution in [0.2, 0.25) is 0 Å². The van der Waals surface area contributed by atoms with E-state index in [-0.39, 0.29) is 52.8 Å². The Kier molecular flexibility index (Phi) is 6.47. The number of carboxylic acids is 1. The number of rotatable bonds is 5. The third-order valence-corrected chi connectivity index (χ3v) is 3.84. The normalized spacial score (nSPS) is 10.2. The molecule has 0 radical (unpaired) electrons. The second-order valence-electron chi connectivity index (χ2n) is 5.36. The van der Waals surface area contributed by atoms with Gasteiger partial charge in [-0.1, -0.05) is 18.2 Å². The molecule has 6 nitrogen and oxygen atoms in total. The van der Waals surface area contributed by atoms with Crippen LogP contribution in [-0.4, -0.2) is 20.2 Å². The predicted octanol–water partition coefficient (Wildman–Crippen LogP) is -1.23. The molecule has 128 valence electrons. The summed E-state index contributed by atoms with van der Waals surface area (Å²) >= 11 is 0. The van der Waals surface area contributed by atoms with E-state index in [0.29, 0.717) is 28.0 Å². The Labute approximate surface area is 171 Å². The Morgan fingerprint density at radius 2 is 1.85 bits per heavy atom. The zero-order valence-corrected chi connectivity index (χ0v) is 16.7. The minimum atomic E-state index is -1.25. The topological polar surface area (TPSA) is 88.8 Å². The van der Waals surface area contributed by atoms with Crippen molar-refractivity contribution < 1.29 is 53.3 Å². The molecule has 2 aromatic carbocycles. The van der Waals surface area contributed by atoms with Crippen LogP contribution >= 0.6 is 0 Å². The van der Waals surface area contributed by atoms with Gasteiger partial charge < -0.3 is 23.8 Å². The quantitative estimate of drug-likeness (QED) is 0.529. The fraction of sp³-hybridized carbons (Fsp3) is 0.158. The number of ether oxygens (including phenoxy) is 2. The molecule has 7 heteroatoms. The SMILES string of the molecule is COc1cccc(-c2cc(=O)c3cccc(CC(=O)[O-])c3o2)c1OC.[Na+]. The fourth-order valence-electron chi connectivity index (χ4n) is 2.74. The number of carbonyl (C=O) groups excluding carboxylic acids is 1. The van der Waals surface area contributed by atoms with Crippen LogP contribution < -0.4 is 49.6 Å². The molecule has 0 N–H and O–H groups in total. The second-order valence-corrected chi connectivity index (χ2v) is 5.36. The number of carboxylic acid groups (broad SMARTS) is 1. The summed E-state index contributed by atoms with van der Waals surface area (Å²) in [5, 5.41) is 11.3. The molecule has 0 unspecified atom stereocenters. The van der Waals surface area contributed by atoms with Gasteiger partial charge in [-0.05, 0) is 18.2 Å². The minimum absolute atomic E-state index is 0. The maximum absolute atomic E-state index is 12.5. The van der Waals surface area contributed by atoms with E-state index in [1.807, 2.05) is 0 Å². The van der Waals surface area contributed by atoms with Gasteiger partial charge in [-0.15, -0.1) is 0 Å². The average molecular weight is 362 g/mol. The molecule has 0 bridgehead atoms. The van der Waals surface area contributed by atoms with E-state index in [2.05, 4.69) is 0 Å². The molecule has 0 aliphatic heterocycles. The van der Waals surface area contributed by atoms with Gasteiger partial charge in [0.05, 0.1) is 25.2 Å². The first-order valence-corrected chi connectivity index (χ1v) is 7.52. The summed E-state index contributed by atoms with van der Waals surface area (Å²) in [7, 11) is 3.00. The number of hydrogen-bond acceptors (Lipinski definition) is 6. The predicted molar refractivity (Wildman–Crippen MR) is 89.7 cm³/mol. The van der Waals surface area contributed by atoms with Crippen LogP contribution in [-0.2, 0) is 11.2 Å². The number of para-hydroxylation sites is 2. The molecule has 1 aromatic heterocycles. The van der Waals surface area contributed by atoms with Gasteiger partial charge in [0.1, 0.15) is 11.3 Å². The largest absolute Gasteiger partial charge is 1.00 e. The van der Waals surface area contributed by atoms with Crippen molar-refractivity contribution in [2.75, 3.05) is 14.2 Å². The number of benzene rings is 2. The van der Waals surface area contributed by atoms with Crippen molar-refractivity contribution in [1.82, 2.24) is 0 Å². The third-order valence-electron chi connectivity index (χ3n) is 3.84. The van der Waals surface area contributed by atoms with E-state index >= 15 is 0 Å². The Morgan fingerprint density at radius 1 is 1.12 bits per heavy atom. The molecule has 0 saturated heterocycles. The molecule has 0 aliphatic carbocycles. The summed E-state index contributed by atoms with van der Waals surface area (Å²) in [4.78, 5) is 23.4. The molecular weight excluding hydrogens is 347 g/mol. The van der Waals surface area contributed by atoms with Gasteiger partial charge in [-0.2, -0.15) is 0 Å². The van der Waals surface area contributed by atoms with Gasteiger partial charge >= 0.3 is 29.6 Å². The molecule has 26 heavy (non-hydrogen) atoms. The fourth-order valence-corrected chi connectivity index (χ4v) is 2.74. The van der Waals surface area contributed by atoms with Crippen molar-refractivity contribution >= 4 is 16.9 Å². The number of aliphatic carboxylic acids is 1. The minimum Gasteiger partial charge on any atom is -0.550 e. The molecule has 0 saturated carbocycles. The van der Waals surface area contributed by atoms with Crippen molar-refractivity contribution in [2.24, 2.45) is 0 Å². The summed E-state index contributed by atoms with van der Waals surface area (Å²) in [6, 6.07) is 11.3. The summed E-state index contributed by atoms with van der Waals surface area (Å²) in [6.45, 7) is 0. The number of methoxy groups -OCH3 is 2. The van der Waals surface area contributed by atoms with Gasteiger partial charge in [-0.3, -0.25) is 4.79 Å². The van der Waals surface area contributed by atoms with Crippen LogP contribution in [0.5, 0.6) is 11.5 Å². The second kappa shape index (κ2) is 8.40. The Hall–Kier alpha value is -2.28. The van der Waals surface area contributed by atoms with Crippen molar-refractivity contribution in [3.8, 4) is 22.8 Å². The van der Waals surface area contributed by atoms with Gasteiger partial charge in [0, 0.05) is 24.0 Å². The maximum atomic E-state index is 12.5. The van der Waals surface area contributed by atoms with Gasteiger partial charge in [-0.25, -0.2) is 0 Å². The maximum Gasteiger partial charge on any atom is 1.00 e. The first kappa shape index (κ1) is 20.0. The van der Waals surface area contributed by atoms with Gasteiger partial charge in [0.25, 0.3) is 0 Å². The molecule has 1 heterocycles. The standard InChI is InChI=1S/C19H16O6.Na/c1-23-15-8-4-7-13(19(15)24-2)16-10-14(20)12-6-3-5-11(9-17(21)22)18(12)25-16;/h3-8,10H,9H2,1-2H3,(H,21,22);/q;+1/p-1. The molecule has 0 aliphatic rings. The first-order valence-electron chi connectivity index (χ1n) is 7.52. The van der Waals surface area contributed by atoms with Crippen molar-refractivity contribution in [1.29, 1.82) is 0 Å². The molecule has 0 amide bonds. The van der Waals surface area contributed by atoms with E-state index in [4.69, 9.17) is 13.9 Å². The number of hydrogen-bond donors (Lipinski definition) is 0. The van der Waals surface area contributed by atoms with Crippen LogP contribution in [0.1, 0.15) is 5.56 Å². The van der Waals surface area contributed by atoms with E-state index in [1.165, 1.54) is 20.3 Å². The first-order chi connectivity index (χ1) is 12.0. The monoisotopic (exact) mass is 362 g/mol. The van der Waals surface area contributed by atoms with E-state index in [1.54, 1.807) is 36.4 Å². The van der Waals surface area contributed by atoms with Crippen molar-refractivity contribution in [2.45, 2.75) is 6.42 Å². The molecule has 0 fully saturated rings. The van der Waals surface area contributed by atoms with Crippen molar-refractivity contribution in [3.05, 3.63) is 58.3 Å². The molecule has 0 spiro atoms. The average Bonchev–Trinajstić information content (AvgIpc) is 2.61. The smallest absolute Gasteiger partial charge is 0.550 e. The van der Waals surface area contributed by atoms with Crippen LogP contribution in [0.25, 0.3) is 22.3 Å². The van der Waals surface area contributed by atoms with E-state index in [0.717, 1.165) is 0 Å². The number of fused-ring (bicyclic) bond motifs is 1. The van der Waals surface area contributed by atoms with Crippen LogP contribution in [0.3, 0.4) is 0 Å². The zero-order chi connectivity index (χ0) is 18.0. The Bertz CT molecular complexity index is 1010. The molecule has 3 aromatic rings. The zero-order valence-electron chi connectivity index (χ0n) is 14.7. The molecule has 0 atom stereocenters. The van der Waals surface area contributed by atoms with Crippen LogP contribution in [0.15, 0.2) is 51.7 Å². The van der Waals surface area contributed by atoms with Crippen molar-refractivity contribution in [3.63, 3.8) is 0 Å². The summed E-state index contributed by atoms with van der Waals surface area (Å²) < 4.78 is 16.5. The Morgan fingerprint density at radius 3 is 2.50 bits per heavy atom.